The van der Waals surface area contributed by atoms with E-state index < -0.39 is 104 Å². The molecule has 1 aliphatic carbocycles. The Bertz CT molecular complexity index is 1520. The van der Waals surface area contributed by atoms with Crippen LogP contribution in [0.15, 0.2) is 41.0 Å². The number of hydrogen-bond acceptors (Lipinski definition) is 15. The number of para-hydroxylation sites is 1. The Morgan fingerprint density at radius 3 is 2.39 bits per heavy atom. The van der Waals surface area contributed by atoms with Gasteiger partial charge in [0, 0.05) is 6.07 Å². The molecule has 0 spiro atoms. The van der Waals surface area contributed by atoms with E-state index in [4.69, 9.17) is 23.7 Å². The molecule has 7 N–H and O–H groups in total. The van der Waals surface area contributed by atoms with Crippen molar-refractivity contribution in [2.45, 2.75) is 119 Å². The smallest absolute Gasteiger partial charge is 0.408 e. The molecular formula is C32H51N5O13S. The summed E-state index contributed by atoms with van der Waals surface area (Å²) in [6, 6.07) is 1.93. The first kappa shape index (κ1) is 40.8. The van der Waals surface area contributed by atoms with Crippen LogP contribution >= 0.6 is 0 Å². The van der Waals surface area contributed by atoms with Crippen LogP contribution in [0.1, 0.15) is 47.5 Å². The van der Waals surface area contributed by atoms with E-state index in [2.05, 4.69) is 20.7 Å². The number of nitro benzene ring substituents is 1. The number of alkyl carbamates (subject to hydrolysis) is 1. The van der Waals surface area contributed by atoms with Crippen molar-refractivity contribution in [1.82, 2.24) is 20.7 Å². The molecule has 1 aromatic carbocycles. The van der Waals surface area contributed by atoms with Gasteiger partial charge in [0.25, 0.3) is 5.69 Å². The number of aliphatic hydroxyl groups is 3. The molecule has 1 aromatic rings. The van der Waals surface area contributed by atoms with Crippen LogP contribution < -0.4 is 20.7 Å². The number of carbonyl (C=O) groups is 1. The molecule has 4 rings (SSSR count). The van der Waals surface area contributed by atoms with E-state index in [0.717, 1.165) is 12.1 Å². The molecule has 18 nitrogen and oxygen atoms in total. The first-order valence-electron chi connectivity index (χ1n) is 16.7. The van der Waals surface area contributed by atoms with Gasteiger partial charge in [0.1, 0.15) is 35.3 Å². The molecule has 0 radical (unpaired) electrons. The highest BCUT2D eigenvalue weighted by molar-refractivity contribution is 7.89. The molecule has 1 saturated carbocycles. The second-order valence-corrected chi connectivity index (χ2v) is 16.0. The van der Waals surface area contributed by atoms with Crippen LogP contribution in [0, 0.1) is 16.0 Å². The molecule has 2 fully saturated rings. The standard InChI is InChI=1S/C32H51N5O13S/c1-17-14-20(36-51(44,45)22-11-9-8-10-21(22)37(42)43)26(49-29-24(39)27(34-7)32(5,41)16-46-29)23(38)25(17)48-28-19(13-12-18(47-28)15-33-6)35-30(40)50-31(2,3)4/h8-12,17,19-20,23-29,33-34,36,38-39,41H,13-16H2,1-7H3,(H,35,40)/t17-,19+,20+,23-,24+,25+,26-,27+,28+,29+,32-/m0/s1. The van der Waals surface area contributed by atoms with Crippen molar-refractivity contribution in [2.24, 2.45) is 5.92 Å². The topological polar surface area (TPSA) is 249 Å². The molecule has 0 aromatic heterocycles. The molecule has 1 amide bonds. The molecule has 288 valence electrons. The summed E-state index contributed by atoms with van der Waals surface area (Å²) in [5, 5.41) is 54.2. The van der Waals surface area contributed by atoms with Crippen LogP contribution in [0.3, 0.4) is 0 Å². The van der Waals surface area contributed by atoms with E-state index in [-0.39, 0.29) is 13.0 Å². The fraction of sp³-hybridized carbons (Fsp3) is 0.719. The maximum atomic E-state index is 13.7. The minimum atomic E-state index is -4.58. The fourth-order valence-corrected chi connectivity index (χ4v) is 7.99. The SMILES string of the molecule is CNCC1=CC[C@@H](NC(=O)OC(C)(C)C)[C@@H](O[C@H]2[C@H](O)[C@@H](O[C@H]3OC[C@](C)(O)[C@H](NC)[C@H]3O)[C@H](NS(=O)(=O)c3ccccc3[N+](=O)[O-])C[C@@H]2C)O1. The lowest BCUT2D eigenvalue weighted by Gasteiger charge is -2.49. The zero-order valence-corrected chi connectivity index (χ0v) is 30.6. The van der Waals surface area contributed by atoms with Gasteiger partial charge in [-0.05, 0) is 72.7 Å². The largest absolute Gasteiger partial charge is 0.466 e. The molecule has 11 atom stereocenters. The third-order valence-electron chi connectivity index (χ3n) is 8.89. The van der Waals surface area contributed by atoms with Gasteiger partial charge in [0.05, 0.1) is 42.3 Å². The number of nitrogens with zero attached hydrogens (tertiary/aromatic N) is 1. The van der Waals surface area contributed by atoms with Crippen molar-refractivity contribution in [3.63, 3.8) is 0 Å². The van der Waals surface area contributed by atoms with Crippen LogP contribution in [0.25, 0.3) is 0 Å². The summed E-state index contributed by atoms with van der Waals surface area (Å²) < 4.78 is 59.6. The second kappa shape index (κ2) is 16.4. The highest BCUT2D eigenvalue weighted by atomic mass is 32.2. The Balaban J connectivity index is 1.66. The zero-order valence-electron chi connectivity index (χ0n) is 29.8. The second-order valence-electron chi connectivity index (χ2n) is 14.3. The van der Waals surface area contributed by atoms with E-state index in [0.29, 0.717) is 18.7 Å². The van der Waals surface area contributed by atoms with E-state index in [1.807, 2.05) is 0 Å². The average Bonchev–Trinajstić information content (AvgIpc) is 3.02. The Morgan fingerprint density at radius 2 is 1.76 bits per heavy atom. The zero-order chi connectivity index (χ0) is 37.9. The molecular weight excluding hydrogens is 694 g/mol. The number of carbonyl (C=O) groups excluding carboxylic acids is 1. The number of sulfonamides is 1. The van der Waals surface area contributed by atoms with E-state index in [1.165, 1.54) is 26.1 Å². The van der Waals surface area contributed by atoms with Crippen molar-refractivity contribution in [3.05, 3.63) is 46.2 Å². The van der Waals surface area contributed by atoms with Crippen molar-refractivity contribution in [2.75, 3.05) is 27.2 Å². The van der Waals surface area contributed by atoms with Crippen molar-refractivity contribution in [3.8, 4) is 0 Å². The lowest BCUT2D eigenvalue weighted by Crippen LogP contribution is -2.68. The minimum Gasteiger partial charge on any atom is -0.466 e. The third kappa shape index (κ3) is 9.92. The van der Waals surface area contributed by atoms with Gasteiger partial charge in [-0.1, -0.05) is 19.1 Å². The van der Waals surface area contributed by atoms with Crippen LogP contribution in [-0.4, -0.2) is 128 Å². The van der Waals surface area contributed by atoms with Crippen LogP contribution in [-0.2, 0) is 33.7 Å². The van der Waals surface area contributed by atoms with Gasteiger partial charge in [-0.25, -0.2) is 17.9 Å². The normalized spacial score (nSPS) is 34.6. The van der Waals surface area contributed by atoms with Gasteiger partial charge < -0.3 is 55.0 Å². The summed E-state index contributed by atoms with van der Waals surface area (Å²) in [6.07, 6.45) is -6.86. The molecule has 51 heavy (non-hydrogen) atoms. The average molecular weight is 746 g/mol. The van der Waals surface area contributed by atoms with Crippen LogP contribution in [0.2, 0.25) is 0 Å². The number of benzene rings is 1. The Labute approximate surface area is 297 Å². The van der Waals surface area contributed by atoms with Crippen molar-refractivity contribution >= 4 is 21.8 Å². The van der Waals surface area contributed by atoms with Gasteiger partial charge in [0.2, 0.25) is 16.3 Å². The first-order valence-corrected chi connectivity index (χ1v) is 18.2. The maximum absolute atomic E-state index is 13.7. The van der Waals surface area contributed by atoms with Gasteiger partial charge in [-0.3, -0.25) is 10.1 Å². The lowest BCUT2D eigenvalue weighted by atomic mass is 9.80. The molecule has 1 saturated heterocycles. The summed E-state index contributed by atoms with van der Waals surface area (Å²) in [5.41, 5.74) is -2.93. The fourth-order valence-electron chi connectivity index (χ4n) is 6.55. The molecule has 19 heteroatoms. The highest BCUT2D eigenvalue weighted by Gasteiger charge is 2.52. The summed E-state index contributed by atoms with van der Waals surface area (Å²) >= 11 is 0. The lowest BCUT2D eigenvalue weighted by molar-refractivity contribution is -0.387. The Hall–Kier alpha value is -2.98. The third-order valence-corrected chi connectivity index (χ3v) is 10.4. The van der Waals surface area contributed by atoms with Crippen molar-refractivity contribution in [1.29, 1.82) is 0 Å². The molecule has 0 bridgehead atoms. The van der Waals surface area contributed by atoms with E-state index in [9.17, 15) is 38.6 Å². The number of amides is 1. The number of nitrogens with one attached hydrogen (secondary N) is 4. The molecule has 2 heterocycles. The van der Waals surface area contributed by atoms with Crippen molar-refractivity contribution < 1.29 is 57.1 Å². The maximum Gasteiger partial charge on any atom is 0.408 e. The number of aliphatic hydroxyl groups excluding tert-OH is 2. The number of rotatable bonds is 12. The Kier molecular flexibility index (Phi) is 13.1. The Morgan fingerprint density at radius 1 is 1.10 bits per heavy atom. The van der Waals surface area contributed by atoms with Gasteiger partial charge >= 0.3 is 6.09 Å². The molecule has 2 aliphatic heterocycles. The van der Waals surface area contributed by atoms with E-state index in [1.54, 1.807) is 40.8 Å². The number of nitro groups is 1. The summed E-state index contributed by atoms with van der Waals surface area (Å²) in [6.45, 7) is 8.39. The van der Waals surface area contributed by atoms with Crippen LogP contribution in [0.4, 0.5) is 10.5 Å². The van der Waals surface area contributed by atoms with Gasteiger partial charge in [0.15, 0.2) is 11.2 Å². The monoisotopic (exact) mass is 745 g/mol. The van der Waals surface area contributed by atoms with Crippen LogP contribution in [0.5, 0.6) is 0 Å². The molecule has 0 unspecified atom stereocenters. The summed E-state index contributed by atoms with van der Waals surface area (Å²) in [5.74, 6) is -0.0693. The quantitative estimate of drug-likeness (QED) is 0.112. The summed E-state index contributed by atoms with van der Waals surface area (Å²) in [4.78, 5) is 23.0. The number of ether oxygens (including phenoxy) is 5. The predicted octanol–water partition coefficient (Wildman–Crippen LogP) is 0.212. The number of likely N-dealkylation sites (N-methyl/N-ethyl adjacent to an activating group) is 2. The minimum absolute atomic E-state index is 0.0155. The van der Waals surface area contributed by atoms with Gasteiger partial charge in [-0.2, -0.15) is 0 Å². The van der Waals surface area contributed by atoms with E-state index >= 15 is 0 Å². The number of hydrogen-bond donors (Lipinski definition) is 7. The summed E-state index contributed by atoms with van der Waals surface area (Å²) in [7, 11) is -1.33. The highest BCUT2D eigenvalue weighted by Crippen LogP contribution is 2.36. The predicted molar refractivity (Wildman–Crippen MR) is 181 cm³/mol. The molecule has 3 aliphatic rings. The first-order chi connectivity index (χ1) is 23.8. The van der Waals surface area contributed by atoms with Gasteiger partial charge in [-0.15, -0.1) is 0 Å².